The number of hydrogen-bond donors (Lipinski definition) is 1. The Hall–Kier alpha value is -2.44. The van der Waals surface area contributed by atoms with E-state index in [1.165, 1.54) is 12.8 Å². The zero-order valence-electron chi connectivity index (χ0n) is 17.4. The number of carbonyl (C=O) groups is 1. The number of amides is 1. The third-order valence-electron chi connectivity index (χ3n) is 5.89. The SMILES string of the molecule is CCCCN1CCC(N(Cc2cccnc2)C(=O)c2n[nH]c3ccc(Cl)cc23)CC1. The van der Waals surface area contributed by atoms with Gasteiger partial charge in [-0.15, -0.1) is 0 Å². The number of benzene rings is 1. The van der Waals surface area contributed by atoms with Crippen LogP contribution in [0.4, 0.5) is 0 Å². The largest absolute Gasteiger partial charge is 0.330 e. The highest BCUT2D eigenvalue weighted by atomic mass is 35.5. The zero-order valence-corrected chi connectivity index (χ0v) is 18.1. The Bertz CT molecular complexity index is 982. The maximum atomic E-state index is 13.7. The number of nitrogens with zero attached hydrogens (tertiary/aromatic N) is 4. The first kappa shape index (κ1) is 20.8. The molecule has 1 saturated heterocycles. The highest BCUT2D eigenvalue weighted by Gasteiger charge is 2.30. The molecule has 1 amide bonds. The molecule has 2 aromatic heterocycles. The predicted octanol–water partition coefficient (Wildman–Crippen LogP) is 4.52. The predicted molar refractivity (Wildman–Crippen MR) is 120 cm³/mol. The van der Waals surface area contributed by atoms with Gasteiger partial charge in [-0.2, -0.15) is 5.10 Å². The van der Waals surface area contributed by atoms with Crippen LogP contribution in [-0.2, 0) is 6.54 Å². The Balaban J connectivity index is 1.58. The highest BCUT2D eigenvalue weighted by molar-refractivity contribution is 6.31. The van der Waals surface area contributed by atoms with Gasteiger partial charge in [-0.25, -0.2) is 0 Å². The minimum Gasteiger partial charge on any atom is -0.330 e. The summed E-state index contributed by atoms with van der Waals surface area (Å²) in [5.74, 6) is -0.0561. The van der Waals surface area contributed by atoms with Crippen LogP contribution in [0.3, 0.4) is 0 Å². The van der Waals surface area contributed by atoms with E-state index >= 15 is 0 Å². The lowest BCUT2D eigenvalue weighted by Gasteiger charge is -2.38. The van der Waals surface area contributed by atoms with Crippen LogP contribution in [0.2, 0.25) is 5.02 Å². The minimum absolute atomic E-state index is 0.0561. The second kappa shape index (κ2) is 9.58. The van der Waals surface area contributed by atoms with Crippen molar-refractivity contribution >= 4 is 28.4 Å². The molecule has 1 aliphatic heterocycles. The summed E-state index contributed by atoms with van der Waals surface area (Å²) in [5, 5.41) is 8.69. The number of H-pyrrole nitrogens is 1. The first-order chi connectivity index (χ1) is 14.7. The molecule has 1 fully saturated rings. The van der Waals surface area contributed by atoms with Gasteiger partial charge in [-0.05, 0) is 55.6 Å². The Kier molecular flexibility index (Phi) is 6.65. The van der Waals surface area contributed by atoms with Crippen molar-refractivity contribution in [3.63, 3.8) is 0 Å². The molecule has 0 aliphatic carbocycles. The summed E-state index contributed by atoms with van der Waals surface area (Å²) in [5.41, 5.74) is 2.28. The fraction of sp³-hybridized carbons (Fsp3) is 0.435. The standard InChI is InChI=1S/C23H28ClN5O/c1-2-3-11-28-12-8-19(9-13-28)29(16-17-5-4-10-25-15-17)23(30)22-20-14-18(24)6-7-21(20)26-27-22/h4-7,10,14-15,19H,2-3,8-9,11-13,16H2,1H3,(H,26,27). The van der Waals surface area contributed by atoms with Gasteiger partial charge in [0.1, 0.15) is 0 Å². The second-order valence-electron chi connectivity index (χ2n) is 7.98. The summed E-state index contributed by atoms with van der Waals surface area (Å²) in [6, 6.07) is 9.58. The molecule has 1 N–H and O–H groups in total. The van der Waals surface area contributed by atoms with E-state index in [-0.39, 0.29) is 11.9 Å². The number of nitrogens with one attached hydrogen (secondary N) is 1. The number of unbranched alkanes of at least 4 members (excludes halogenated alkanes) is 1. The van der Waals surface area contributed by atoms with Gasteiger partial charge in [0.2, 0.25) is 0 Å². The molecule has 3 aromatic rings. The fourth-order valence-corrected chi connectivity index (χ4v) is 4.35. The van der Waals surface area contributed by atoms with Crippen molar-refractivity contribution in [2.45, 2.75) is 45.2 Å². The first-order valence-corrected chi connectivity index (χ1v) is 11.1. The van der Waals surface area contributed by atoms with Crippen LogP contribution in [-0.4, -0.2) is 56.6 Å². The van der Waals surface area contributed by atoms with E-state index in [1.807, 2.05) is 35.4 Å². The molecule has 158 valence electrons. The van der Waals surface area contributed by atoms with Crippen LogP contribution in [0.1, 0.15) is 48.7 Å². The van der Waals surface area contributed by atoms with Crippen LogP contribution in [0.25, 0.3) is 10.9 Å². The van der Waals surface area contributed by atoms with Gasteiger partial charge in [-0.3, -0.25) is 14.9 Å². The van der Waals surface area contributed by atoms with E-state index in [0.717, 1.165) is 48.9 Å². The molecule has 4 rings (SSSR count). The number of rotatable bonds is 7. The van der Waals surface area contributed by atoms with Crippen LogP contribution >= 0.6 is 11.6 Å². The molecule has 1 aromatic carbocycles. The average Bonchev–Trinajstić information content (AvgIpc) is 3.20. The van der Waals surface area contributed by atoms with Gasteiger partial charge in [0.05, 0.1) is 5.52 Å². The summed E-state index contributed by atoms with van der Waals surface area (Å²) in [4.78, 5) is 22.4. The van der Waals surface area contributed by atoms with Crippen molar-refractivity contribution in [2.24, 2.45) is 0 Å². The lowest BCUT2D eigenvalue weighted by molar-refractivity contribution is 0.0544. The molecular formula is C23H28ClN5O. The monoisotopic (exact) mass is 425 g/mol. The second-order valence-corrected chi connectivity index (χ2v) is 8.42. The summed E-state index contributed by atoms with van der Waals surface area (Å²) >= 11 is 6.19. The lowest BCUT2D eigenvalue weighted by Crippen LogP contribution is -2.47. The van der Waals surface area contributed by atoms with Crippen molar-refractivity contribution in [1.82, 2.24) is 25.0 Å². The molecule has 0 radical (unpaired) electrons. The van der Waals surface area contributed by atoms with E-state index in [4.69, 9.17) is 11.6 Å². The highest BCUT2D eigenvalue weighted by Crippen LogP contribution is 2.26. The van der Waals surface area contributed by atoms with Crippen molar-refractivity contribution < 1.29 is 4.79 Å². The molecule has 0 saturated carbocycles. The van der Waals surface area contributed by atoms with E-state index in [1.54, 1.807) is 12.3 Å². The fourth-order valence-electron chi connectivity index (χ4n) is 4.18. The molecule has 30 heavy (non-hydrogen) atoms. The molecule has 1 aliphatic rings. The molecule has 7 heteroatoms. The normalized spacial score (nSPS) is 15.5. The maximum absolute atomic E-state index is 13.7. The molecule has 0 unspecified atom stereocenters. The molecule has 0 bridgehead atoms. The quantitative estimate of drug-likeness (QED) is 0.604. The van der Waals surface area contributed by atoms with E-state index in [0.29, 0.717) is 17.3 Å². The van der Waals surface area contributed by atoms with Gasteiger partial charge in [0.15, 0.2) is 5.69 Å². The minimum atomic E-state index is -0.0561. The molecule has 6 nitrogen and oxygen atoms in total. The van der Waals surface area contributed by atoms with Crippen LogP contribution in [0.15, 0.2) is 42.7 Å². The number of fused-ring (bicyclic) bond motifs is 1. The summed E-state index contributed by atoms with van der Waals surface area (Å²) in [6.45, 7) is 5.94. The number of carbonyl (C=O) groups excluding carboxylic acids is 1. The lowest BCUT2D eigenvalue weighted by atomic mass is 10.0. The maximum Gasteiger partial charge on any atom is 0.275 e. The van der Waals surface area contributed by atoms with Crippen molar-refractivity contribution in [3.05, 3.63) is 59.0 Å². The smallest absolute Gasteiger partial charge is 0.275 e. The van der Waals surface area contributed by atoms with Crippen LogP contribution in [0, 0.1) is 0 Å². The number of hydrogen-bond acceptors (Lipinski definition) is 4. The first-order valence-electron chi connectivity index (χ1n) is 10.7. The van der Waals surface area contributed by atoms with E-state index in [9.17, 15) is 4.79 Å². The Morgan fingerprint density at radius 2 is 2.13 bits per heavy atom. The number of piperidine rings is 1. The van der Waals surface area contributed by atoms with Crippen molar-refractivity contribution in [3.8, 4) is 0 Å². The summed E-state index contributed by atoms with van der Waals surface area (Å²) in [6.07, 6.45) is 7.96. The number of aromatic nitrogens is 3. The van der Waals surface area contributed by atoms with E-state index in [2.05, 4.69) is 27.0 Å². The van der Waals surface area contributed by atoms with Crippen LogP contribution in [0.5, 0.6) is 0 Å². The van der Waals surface area contributed by atoms with Crippen LogP contribution < -0.4 is 0 Å². The Labute approximate surface area is 182 Å². The molecular weight excluding hydrogens is 398 g/mol. The Morgan fingerprint density at radius 1 is 1.30 bits per heavy atom. The molecule has 3 heterocycles. The average molecular weight is 426 g/mol. The van der Waals surface area contributed by atoms with Crippen molar-refractivity contribution in [1.29, 1.82) is 0 Å². The van der Waals surface area contributed by atoms with Gasteiger partial charge < -0.3 is 9.80 Å². The third kappa shape index (κ3) is 4.65. The number of likely N-dealkylation sites (tertiary alicyclic amines) is 1. The summed E-state index contributed by atoms with van der Waals surface area (Å²) in [7, 11) is 0. The third-order valence-corrected chi connectivity index (χ3v) is 6.12. The van der Waals surface area contributed by atoms with Gasteiger partial charge >= 0.3 is 0 Å². The van der Waals surface area contributed by atoms with Gasteiger partial charge in [-0.1, -0.05) is 31.0 Å². The Morgan fingerprint density at radius 3 is 2.87 bits per heavy atom. The van der Waals surface area contributed by atoms with E-state index < -0.39 is 0 Å². The topological polar surface area (TPSA) is 65.1 Å². The number of halogens is 1. The number of aromatic amines is 1. The van der Waals surface area contributed by atoms with Crippen molar-refractivity contribution in [2.75, 3.05) is 19.6 Å². The zero-order chi connectivity index (χ0) is 20.9. The van der Waals surface area contributed by atoms with Gasteiger partial charge in [0, 0.05) is 48.5 Å². The van der Waals surface area contributed by atoms with Gasteiger partial charge in [0.25, 0.3) is 5.91 Å². The molecule has 0 spiro atoms. The summed E-state index contributed by atoms with van der Waals surface area (Å²) < 4.78 is 0. The number of pyridine rings is 1. The molecule has 0 atom stereocenters.